The van der Waals surface area contributed by atoms with Crippen LogP contribution in [0.25, 0.3) is 0 Å². The van der Waals surface area contributed by atoms with E-state index in [1.54, 1.807) is 29.2 Å². The topological polar surface area (TPSA) is 61.8 Å². The van der Waals surface area contributed by atoms with E-state index in [9.17, 15) is 9.90 Å². The molecule has 0 bridgehead atoms. The predicted molar refractivity (Wildman–Crippen MR) is 88.7 cm³/mol. The van der Waals surface area contributed by atoms with E-state index in [4.69, 9.17) is 4.74 Å². The number of nitrogens with zero attached hydrogens (tertiary/aromatic N) is 1. The Morgan fingerprint density at radius 3 is 2.83 bits per heavy atom. The smallest absolute Gasteiger partial charge is 0.258 e. The highest BCUT2D eigenvalue weighted by atomic mass is 16.5. The van der Waals surface area contributed by atoms with Gasteiger partial charge in [-0.2, -0.15) is 0 Å². The number of phenolic OH excluding ortho intramolecular Hbond substituents is 1. The van der Waals surface area contributed by atoms with Crippen molar-refractivity contribution in [2.45, 2.75) is 6.17 Å². The number of nitrogens with one attached hydrogen (secondary N) is 1. The van der Waals surface area contributed by atoms with Crippen LogP contribution in [-0.4, -0.2) is 29.6 Å². The Balaban J connectivity index is 2.04. The zero-order valence-corrected chi connectivity index (χ0v) is 12.8. The number of methoxy groups -OCH3 is 1. The predicted octanol–water partition coefficient (Wildman–Crippen LogP) is 3.15. The van der Waals surface area contributed by atoms with Crippen molar-refractivity contribution in [3.05, 3.63) is 66.2 Å². The van der Waals surface area contributed by atoms with Gasteiger partial charge in [-0.3, -0.25) is 4.79 Å². The number of ether oxygens (including phenoxy) is 1. The average Bonchev–Trinajstić information content (AvgIpc) is 2.57. The maximum atomic E-state index is 12.7. The van der Waals surface area contributed by atoms with Crippen LogP contribution >= 0.6 is 0 Å². The molecule has 1 atom stereocenters. The summed E-state index contributed by atoms with van der Waals surface area (Å²) in [5.41, 5.74) is 2.18. The van der Waals surface area contributed by atoms with Gasteiger partial charge >= 0.3 is 0 Å². The van der Waals surface area contributed by atoms with Crippen LogP contribution in [0.1, 0.15) is 22.1 Å². The van der Waals surface area contributed by atoms with Gasteiger partial charge in [-0.25, -0.2) is 0 Å². The van der Waals surface area contributed by atoms with Gasteiger partial charge in [0.2, 0.25) is 0 Å². The summed E-state index contributed by atoms with van der Waals surface area (Å²) < 4.78 is 5.07. The Morgan fingerprint density at radius 1 is 1.35 bits per heavy atom. The number of carbonyl (C=O) groups is 1. The zero-order valence-electron chi connectivity index (χ0n) is 12.8. The highest BCUT2D eigenvalue weighted by molar-refractivity contribution is 6.01. The molecule has 0 radical (unpaired) electrons. The molecule has 1 aliphatic heterocycles. The number of phenols is 1. The van der Waals surface area contributed by atoms with Crippen molar-refractivity contribution in [1.82, 2.24) is 4.90 Å². The van der Waals surface area contributed by atoms with Crippen LogP contribution in [0, 0.1) is 0 Å². The van der Waals surface area contributed by atoms with E-state index < -0.39 is 0 Å². The number of anilines is 1. The molecule has 23 heavy (non-hydrogen) atoms. The third-order valence-electron chi connectivity index (χ3n) is 3.87. The van der Waals surface area contributed by atoms with Crippen molar-refractivity contribution < 1.29 is 14.6 Å². The van der Waals surface area contributed by atoms with Crippen molar-refractivity contribution in [2.75, 3.05) is 19.0 Å². The lowest BCUT2D eigenvalue weighted by Gasteiger charge is -2.37. The van der Waals surface area contributed by atoms with E-state index in [0.29, 0.717) is 17.9 Å². The minimum Gasteiger partial charge on any atom is -0.504 e. The first-order chi connectivity index (χ1) is 11.2. The maximum absolute atomic E-state index is 12.7. The minimum atomic E-state index is -0.382. The van der Waals surface area contributed by atoms with Gasteiger partial charge in [-0.1, -0.05) is 24.3 Å². The monoisotopic (exact) mass is 310 g/mol. The van der Waals surface area contributed by atoms with Crippen molar-refractivity contribution in [2.24, 2.45) is 0 Å². The van der Waals surface area contributed by atoms with Crippen LogP contribution in [0.15, 0.2) is 55.1 Å². The molecule has 5 heteroatoms. The molecule has 0 saturated heterocycles. The van der Waals surface area contributed by atoms with Gasteiger partial charge in [0.15, 0.2) is 11.5 Å². The largest absolute Gasteiger partial charge is 0.504 e. The third-order valence-corrected chi connectivity index (χ3v) is 3.87. The number of benzene rings is 2. The summed E-state index contributed by atoms with van der Waals surface area (Å²) in [6, 6.07) is 12.5. The van der Waals surface area contributed by atoms with E-state index in [-0.39, 0.29) is 17.8 Å². The van der Waals surface area contributed by atoms with Crippen molar-refractivity contribution >= 4 is 11.6 Å². The Morgan fingerprint density at radius 2 is 2.13 bits per heavy atom. The van der Waals surface area contributed by atoms with E-state index in [1.165, 1.54) is 7.11 Å². The van der Waals surface area contributed by atoms with Crippen molar-refractivity contribution in [3.63, 3.8) is 0 Å². The molecular formula is C18H18N2O3. The second-order valence-corrected chi connectivity index (χ2v) is 5.27. The Kier molecular flexibility index (Phi) is 3.93. The molecule has 1 aliphatic rings. The molecule has 2 N–H and O–H groups in total. The molecule has 1 heterocycles. The first-order valence-corrected chi connectivity index (χ1v) is 7.30. The van der Waals surface area contributed by atoms with Crippen LogP contribution in [0.4, 0.5) is 5.69 Å². The lowest BCUT2D eigenvalue weighted by atomic mass is 10.0. The van der Waals surface area contributed by atoms with Gasteiger partial charge in [0.25, 0.3) is 5.91 Å². The van der Waals surface area contributed by atoms with E-state index >= 15 is 0 Å². The van der Waals surface area contributed by atoms with Crippen molar-refractivity contribution in [1.29, 1.82) is 0 Å². The molecule has 0 spiro atoms. The molecule has 1 unspecified atom stereocenters. The van der Waals surface area contributed by atoms with Crippen LogP contribution in [0.2, 0.25) is 0 Å². The normalized spacial score (nSPS) is 16.5. The SMILES string of the molecule is C=CCN1C(=O)c2ccccc2NC1c1ccc(OC)c(O)c1. The molecule has 1 amide bonds. The first kappa shape index (κ1) is 15.0. The number of para-hydroxylation sites is 1. The van der Waals surface area contributed by atoms with Gasteiger partial charge in [-0.05, 0) is 29.8 Å². The molecule has 2 aromatic rings. The summed E-state index contributed by atoms with van der Waals surface area (Å²) in [5, 5.41) is 13.4. The number of amides is 1. The second-order valence-electron chi connectivity index (χ2n) is 5.27. The quantitative estimate of drug-likeness (QED) is 0.852. The van der Waals surface area contributed by atoms with Gasteiger partial charge in [0, 0.05) is 12.2 Å². The molecule has 0 saturated carbocycles. The fraction of sp³-hybridized carbons (Fsp3) is 0.167. The number of rotatable bonds is 4. The molecular weight excluding hydrogens is 292 g/mol. The van der Waals surface area contributed by atoms with Crippen LogP contribution in [0.3, 0.4) is 0 Å². The third kappa shape index (κ3) is 2.61. The second kappa shape index (κ2) is 6.04. The molecule has 0 aliphatic carbocycles. The molecule has 0 aromatic heterocycles. The van der Waals surface area contributed by atoms with Gasteiger partial charge in [0.1, 0.15) is 6.17 Å². The molecule has 5 nitrogen and oxygen atoms in total. The molecule has 2 aromatic carbocycles. The first-order valence-electron chi connectivity index (χ1n) is 7.30. The van der Waals surface area contributed by atoms with Crippen molar-refractivity contribution in [3.8, 4) is 11.5 Å². The Bertz CT molecular complexity index is 758. The minimum absolute atomic E-state index is 0.0386. The van der Waals surface area contributed by atoms with Gasteiger partial charge < -0.3 is 20.1 Å². The Labute approximate surface area is 134 Å². The summed E-state index contributed by atoms with van der Waals surface area (Å²) in [7, 11) is 1.50. The fourth-order valence-corrected chi connectivity index (χ4v) is 2.76. The van der Waals surface area contributed by atoms with Gasteiger partial charge in [-0.15, -0.1) is 6.58 Å². The van der Waals surface area contributed by atoms with E-state index in [2.05, 4.69) is 11.9 Å². The van der Waals surface area contributed by atoms with E-state index in [1.807, 2.05) is 24.3 Å². The fourth-order valence-electron chi connectivity index (χ4n) is 2.76. The summed E-state index contributed by atoms with van der Waals surface area (Å²) in [5.74, 6) is 0.364. The van der Waals surface area contributed by atoms with Crippen LogP contribution in [0.5, 0.6) is 11.5 Å². The number of fused-ring (bicyclic) bond motifs is 1. The standard InChI is InChI=1S/C18H18N2O3/c1-3-10-20-17(12-8-9-16(23-2)15(21)11-12)19-14-7-5-4-6-13(14)18(20)22/h3-9,11,17,19,21H,1,10H2,2H3. The summed E-state index contributed by atoms with van der Waals surface area (Å²) in [6.45, 7) is 4.13. The molecule has 118 valence electrons. The lowest BCUT2D eigenvalue weighted by molar-refractivity contribution is 0.0707. The van der Waals surface area contributed by atoms with E-state index in [0.717, 1.165) is 11.3 Å². The lowest BCUT2D eigenvalue weighted by Crippen LogP contribution is -2.42. The van der Waals surface area contributed by atoms with Crippen LogP contribution in [-0.2, 0) is 0 Å². The number of aromatic hydroxyl groups is 1. The maximum Gasteiger partial charge on any atom is 0.258 e. The molecule has 3 rings (SSSR count). The zero-order chi connectivity index (χ0) is 16.4. The Hall–Kier alpha value is -2.95. The summed E-state index contributed by atoms with van der Waals surface area (Å²) in [4.78, 5) is 14.4. The number of hydrogen-bond acceptors (Lipinski definition) is 4. The summed E-state index contributed by atoms with van der Waals surface area (Å²) >= 11 is 0. The highest BCUT2D eigenvalue weighted by Gasteiger charge is 2.32. The number of hydrogen-bond donors (Lipinski definition) is 2. The highest BCUT2D eigenvalue weighted by Crippen LogP contribution is 2.36. The number of carbonyl (C=O) groups excluding carboxylic acids is 1. The summed E-state index contributed by atoms with van der Waals surface area (Å²) in [6.07, 6.45) is 1.30. The average molecular weight is 310 g/mol. The molecule has 0 fully saturated rings. The van der Waals surface area contributed by atoms with Gasteiger partial charge in [0.05, 0.1) is 12.7 Å². The van der Waals surface area contributed by atoms with Crippen LogP contribution < -0.4 is 10.1 Å².